The predicted octanol–water partition coefficient (Wildman–Crippen LogP) is 1.79. The minimum absolute atomic E-state index is 0.253. The van der Waals surface area contributed by atoms with Crippen molar-refractivity contribution in [3.8, 4) is 5.82 Å². The summed E-state index contributed by atoms with van der Waals surface area (Å²) >= 11 is 0. The zero-order valence-corrected chi connectivity index (χ0v) is 11.8. The number of nitrogens with one attached hydrogen (secondary N) is 2. The van der Waals surface area contributed by atoms with Crippen molar-refractivity contribution in [1.29, 1.82) is 0 Å². The zero-order chi connectivity index (χ0) is 15.6. The highest BCUT2D eigenvalue weighted by Gasteiger charge is 2.09. The van der Waals surface area contributed by atoms with Crippen molar-refractivity contribution in [3.63, 3.8) is 0 Å². The minimum atomic E-state index is -0.253. The van der Waals surface area contributed by atoms with Crippen molar-refractivity contribution in [2.45, 2.75) is 0 Å². The molecular weight excluding hydrogens is 294 g/mol. The largest absolute Gasteiger partial charge is 0.345 e. The van der Waals surface area contributed by atoms with Crippen LogP contribution in [0.15, 0.2) is 55.6 Å². The molecule has 3 heterocycles. The van der Waals surface area contributed by atoms with E-state index >= 15 is 0 Å². The summed E-state index contributed by atoms with van der Waals surface area (Å²) in [4.78, 5) is 31.6. The van der Waals surface area contributed by atoms with Gasteiger partial charge in [-0.05, 0) is 18.2 Å². The first-order valence-corrected chi connectivity index (χ1v) is 6.84. The van der Waals surface area contributed by atoms with Gasteiger partial charge in [-0.2, -0.15) is 0 Å². The third-order valence-electron chi connectivity index (χ3n) is 3.35. The lowest BCUT2D eigenvalue weighted by Gasteiger charge is -2.06. The van der Waals surface area contributed by atoms with Crippen LogP contribution in [0.4, 0.5) is 5.82 Å². The van der Waals surface area contributed by atoms with Crippen LogP contribution in [-0.4, -0.2) is 35.4 Å². The summed E-state index contributed by atoms with van der Waals surface area (Å²) in [6, 6.07) is 6.93. The Morgan fingerprint density at radius 3 is 3.00 bits per heavy atom. The number of carbonyl (C=O) groups is 1. The summed E-state index contributed by atoms with van der Waals surface area (Å²) in [5.74, 6) is 0.784. The average molecular weight is 305 g/mol. The van der Waals surface area contributed by atoms with Gasteiger partial charge in [0.05, 0.1) is 17.4 Å². The number of amides is 1. The van der Waals surface area contributed by atoms with Gasteiger partial charge in [0.1, 0.15) is 24.3 Å². The molecule has 8 heteroatoms. The molecule has 2 N–H and O–H groups in total. The first-order valence-electron chi connectivity index (χ1n) is 6.84. The summed E-state index contributed by atoms with van der Waals surface area (Å²) in [6.07, 6.45) is 8.03. The van der Waals surface area contributed by atoms with E-state index in [0.717, 1.165) is 11.0 Å². The first kappa shape index (κ1) is 13.1. The standard InChI is InChI=1S/C15H11N7O/c23-15(10-1-2-11-12(5-10)18-7-17-11)21-13-6-14(20-8-19-13)22-4-3-16-9-22/h1-9H,(H,17,18)(H,19,20,21,23). The number of nitrogens with zero attached hydrogens (tertiary/aromatic N) is 5. The van der Waals surface area contributed by atoms with Gasteiger partial charge in [-0.1, -0.05) is 0 Å². The number of carbonyl (C=O) groups excluding carboxylic acids is 1. The lowest BCUT2D eigenvalue weighted by molar-refractivity contribution is 0.102. The zero-order valence-electron chi connectivity index (χ0n) is 11.8. The van der Waals surface area contributed by atoms with Crippen molar-refractivity contribution >= 4 is 22.8 Å². The lowest BCUT2D eigenvalue weighted by atomic mass is 10.2. The molecule has 8 nitrogen and oxygen atoms in total. The molecule has 0 aliphatic rings. The maximum atomic E-state index is 12.4. The molecule has 1 aromatic carbocycles. The molecule has 0 aliphatic heterocycles. The number of rotatable bonds is 3. The molecular formula is C15H11N7O. The van der Waals surface area contributed by atoms with Crippen LogP contribution in [0.25, 0.3) is 16.9 Å². The molecule has 0 bridgehead atoms. The molecule has 0 spiro atoms. The Balaban J connectivity index is 1.59. The number of aromatic amines is 1. The van der Waals surface area contributed by atoms with Gasteiger partial charge in [-0.3, -0.25) is 9.36 Å². The molecule has 0 radical (unpaired) electrons. The lowest BCUT2D eigenvalue weighted by Crippen LogP contribution is -2.13. The second-order valence-corrected chi connectivity index (χ2v) is 4.82. The summed E-state index contributed by atoms with van der Waals surface area (Å²) in [6.45, 7) is 0. The van der Waals surface area contributed by atoms with Crippen LogP contribution in [0, 0.1) is 0 Å². The van der Waals surface area contributed by atoms with Crippen LogP contribution in [0.2, 0.25) is 0 Å². The number of hydrogen-bond acceptors (Lipinski definition) is 5. The van der Waals surface area contributed by atoms with Gasteiger partial charge >= 0.3 is 0 Å². The maximum absolute atomic E-state index is 12.4. The second-order valence-electron chi connectivity index (χ2n) is 4.82. The SMILES string of the molecule is O=C(Nc1cc(-n2ccnc2)ncn1)c1ccc2nc[nH]c2c1. The number of hydrogen-bond donors (Lipinski definition) is 2. The van der Waals surface area contributed by atoms with E-state index < -0.39 is 0 Å². The fourth-order valence-corrected chi connectivity index (χ4v) is 2.22. The smallest absolute Gasteiger partial charge is 0.256 e. The molecule has 4 aromatic rings. The normalized spacial score (nSPS) is 10.8. The van der Waals surface area contributed by atoms with E-state index in [-0.39, 0.29) is 5.91 Å². The summed E-state index contributed by atoms with van der Waals surface area (Å²) in [5.41, 5.74) is 2.13. The molecule has 1 amide bonds. The first-order chi connectivity index (χ1) is 11.3. The fraction of sp³-hybridized carbons (Fsp3) is 0. The topological polar surface area (TPSA) is 101 Å². The van der Waals surface area contributed by atoms with Crippen LogP contribution in [-0.2, 0) is 0 Å². The van der Waals surface area contributed by atoms with Crippen LogP contribution >= 0.6 is 0 Å². The molecule has 3 aromatic heterocycles. The van der Waals surface area contributed by atoms with Crippen molar-refractivity contribution in [2.75, 3.05) is 5.32 Å². The molecule has 112 valence electrons. The molecule has 0 saturated carbocycles. The maximum Gasteiger partial charge on any atom is 0.256 e. The number of H-pyrrole nitrogens is 1. The number of anilines is 1. The Labute approximate surface area is 130 Å². The number of aromatic nitrogens is 6. The Morgan fingerprint density at radius 2 is 2.13 bits per heavy atom. The number of benzene rings is 1. The van der Waals surface area contributed by atoms with E-state index in [9.17, 15) is 4.79 Å². The summed E-state index contributed by atoms with van der Waals surface area (Å²) in [5, 5.41) is 2.76. The van der Waals surface area contributed by atoms with Crippen LogP contribution in [0.3, 0.4) is 0 Å². The van der Waals surface area contributed by atoms with Gasteiger partial charge in [0.25, 0.3) is 5.91 Å². The van der Waals surface area contributed by atoms with Crippen molar-refractivity contribution in [2.24, 2.45) is 0 Å². The fourth-order valence-electron chi connectivity index (χ4n) is 2.22. The van der Waals surface area contributed by atoms with E-state index in [2.05, 4.69) is 30.2 Å². The van der Waals surface area contributed by atoms with Crippen molar-refractivity contribution in [1.82, 2.24) is 29.5 Å². The number of imidazole rings is 2. The monoisotopic (exact) mass is 305 g/mol. The van der Waals surface area contributed by atoms with Gasteiger partial charge in [0, 0.05) is 24.0 Å². The van der Waals surface area contributed by atoms with Crippen LogP contribution in [0.5, 0.6) is 0 Å². The molecule has 0 aliphatic carbocycles. The highest BCUT2D eigenvalue weighted by atomic mass is 16.1. The molecule has 4 rings (SSSR count). The molecule has 0 saturated heterocycles. The van der Waals surface area contributed by atoms with Gasteiger partial charge < -0.3 is 10.3 Å². The van der Waals surface area contributed by atoms with Gasteiger partial charge in [-0.15, -0.1) is 0 Å². The highest BCUT2D eigenvalue weighted by Crippen LogP contribution is 2.14. The van der Waals surface area contributed by atoms with Gasteiger partial charge in [-0.25, -0.2) is 19.9 Å². The summed E-state index contributed by atoms with van der Waals surface area (Å²) in [7, 11) is 0. The van der Waals surface area contributed by atoms with E-state index in [1.54, 1.807) is 53.9 Å². The Kier molecular flexibility index (Phi) is 3.05. The molecule has 0 unspecified atom stereocenters. The predicted molar refractivity (Wildman–Crippen MR) is 83.2 cm³/mol. The van der Waals surface area contributed by atoms with E-state index in [1.807, 2.05) is 0 Å². The van der Waals surface area contributed by atoms with Crippen molar-refractivity contribution in [3.05, 3.63) is 61.2 Å². The highest BCUT2D eigenvalue weighted by molar-refractivity contribution is 6.05. The van der Waals surface area contributed by atoms with Crippen molar-refractivity contribution < 1.29 is 4.79 Å². The van der Waals surface area contributed by atoms with Gasteiger partial charge in [0.2, 0.25) is 0 Å². The Hall–Kier alpha value is -3.55. The molecule has 0 fully saturated rings. The summed E-state index contributed by atoms with van der Waals surface area (Å²) < 4.78 is 1.73. The molecule has 23 heavy (non-hydrogen) atoms. The second kappa shape index (κ2) is 5.34. The quantitative estimate of drug-likeness (QED) is 0.601. The van der Waals surface area contributed by atoms with Gasteiger partial charge in [0.15, 0.2) is 0 Å². The Bertz CT molecular complexity index is 974. The minimum Gasteiger partial charge on any atom is -0.345 e. The van der Waals surface area contributed by atoms with E-state index in [4.69, 9.17) is 0 Å². The third-order valence-corrected chi connectivity index (χ3v) is 3.35. The number of fused-ring (bicyclic) bond motifs is 1. The van der Waals surface area contributed by atoms with Crippen LogP contribution in [0.1, 0.15) is 10.4 Å². The van der Waals surface area contributed by atoms with Crippen LogP contribution < -0.4 is 5.32 Å². The third kappa shape index (κ3) is 2.53. The average Bonchev–Trinajstić information content (AvgIpc) is 3.26. The molecule has 0 atom stereocenters. The Morgan fingerprint density at radius 1 is 1.17 bits per heavy atom. The van der Waals surface area contributed by atoms with E-state index in [1.165, 1.54) is 6.33 Å². The van der Waals surface area contributed by atoms with E-state index in [0.29, 0.717) is 17.2 Å².